The highest BCUT2D eigenvalue weighted by molar-refractivity contribution is 5.95. The first-order chi connectivity index (χ1) is 6.19. The molecule has 3 N–H and O–H groups in total. The molecule has 1 amide bonds. The Labute approximate surface area is 75.9 Å². The minimum Gasteiger partial charge on any atom is -0.480 e. The number of carbonyl (C=O) groups excluding carboxylic acids is 1. The number of methoxy groups -OCH3 is 1. The van der Waals surface area contributed by atoms with Crippen molar-refractivity contribution in [2.24, 2.45) is 5.73 Å². The molecule has 1 aromatic heterocycles. The second kappa shape index (κ2) is 3.75. The third-order valence-corrected chi connectivity index (χ3v) is 1.60. The molecule has 70 valence electrons. The van der Waals surface area contributed by atoms with Crippen LogP contribution in [-0.2, 0) is 0 Å². The van der Waals surface area contributed by atoms with E-state index in [1.807, 2.05) is 0 Å². The summed E-state index contributed by atoms with van der Waals surface area (Å²) in [5, 5.41) is 2.85. The average molecular weight is 181 g/mol. The van der Waals surface area contributed by atoms with Crippen molar-refractivity contribution in [3.8, 4) is 5.88 Å². The number of amides is 1. The number of nitrogens with two attached hydrogens (primary N) is 1. The van der Waals surface area contributed by atoms with Crippen LogP contribution in [-0.4, -0.2) is 25.0 Å². The van der Waals surface area contributed by atoms with Crippen molar-refractivity contribution < 1.29 is 9.53 Å². The van der Waals surface area contributed by atoms with E-state index in [1.54, 1.807) is 19.3 Å². The number of pyridine rings is 1. The first kappa shape index (κ1) is 9.31. The highest BCUT2D eigenvalue weighted by atomic mass is 16.5. The molecule has 0 saturated heterocycles. The minimum absolute atomic E-state index is 0.242. The molecule has 0 aliphatic heterocycles. The Kier molecular flexibility index (Phi) is 2.69. The summed E-state index contributed by atoms with van der Waals surface area (Å²) < 4.78 is 4.87. The van der Waals surface area contributed by atoms with Gasteiger partial charge in [0, 0.05) is 7.05 Å². The molecule has 13 heavy (non-hydrogen) atoms. The minimum atomic E-state index is -0.554. The van der Waals surface area contributed by atoms with E-state index < -0.39 is 5.91 Å². The lowest BCUT2D eigenvalue weighted by molar-refractivity contribution is 0.0996. The number of hydrogen-bond donors (Lipinski definition) is 2. The van der Waals surface area contributed by atoms with Crippen molar-refractivity contribution in [2.75, 3.05) is 19.5 Å². The number of primary amides is 1. The average Bonchev–Trinajstić information content (AvgIpc) is 2.16. The van der Waals surface area contributed by atoms with Gasteiger partial charge in [0.15, 0.2) is 0 Å². The molecule has 5 nitrogen and oxygen atoms in total. The topological polar surface area (TPSA) is 77.2 Å². The number of nitrogens with zero attached hydrogens (tertiary/aromatic N) is 1. The Morgan fingerprint density at radius 1 is 1.69 bits per heavy atom. The van der Waals surface area contributed by atoms with E-state index in [0.717, 1.165) is 5.69 Å². The third-order valence-electron chi connectivity index (χ3n) is 1.60. The van der Waals surface area contributed by atoms with Crippen LogP contribution in [0.2, 0.25) is 0 Å². The van der Waals surface area contributed by atoms with E-state index in [2.05, 4.69) is 10.3 Å². The molecule has 0 aromatic carbocycles. The van der Waals surface area contributed by atoms with Crippen LogP contribution in [0.5, 0.6) is 5.88 Å². The molecule has 5 heteroatoms. The maximum atomic E-state index is 10.9. The zero-order valence-electron chi connectivity index (χ0n) is 7.50. The van der Waals surface area contributed by atoms with Crippen molar-refractivity contribution in [3.63, 3.8) is 0 Å². The second-order valence-electron chi connectivity index (χ2n) is 2.40. The van der Waals surface area contributed by atoms with Crippen molar-refractivity contribution >= 4 is 11.6 Å². The van der Waals surface area contributed by atoms with Gasteiger partial charge in [0.05, 0.1) is 19.0 Å². The number of nitrogens with one attached hydrogen (secondary N) is 1. The SMILES string of the molecule is CNc1cnc(OC)c(C(N)=O)c1. The molecule has 0 spiro atoms. The van der Waals surface area contributed by atoms with Gasteiger partial charge in [0.2, 0.25) is 5.88 Å². The van der Waals surface area contributed by atoms with Crippen molar-refractivity contribution in [2.45, 2.75) is 0 Å². The van der Waals surface area contributed by atoms with Gasteiger partial charge in [-0.15, -0.1) is 0 Å². The Morgan fingerprint density at radius 3 is 2.85 bits per heavy atom. The van der Waals surface area contributed by atoms with Gasteiger partial charge < -0.3 is 15.8 Å². The zero-order valence-corrected chi connectivity index (χ0v) is 7.50. The fraction of sp³-hybridized carbons (Fsp3) is 0.250. The fourth-order valence-corrected chi connectivity index (χ4v) is 0.928. The van der Waals surface area contributed by atoms with Crippen LogP contribution < -0.4 is 15.8 Å². The number of rotatable bonds is 3. The summed E-state index contributed by atoms with van der Waals surface area (Å²) in [4.78, 5) is 14.8. The molecule has 0 fully saturated rings. The lowest BCUT2D eigenvalue weighted by Gasteiger charge is -2.05. The molecule has 0 bridgehead atoms. The highest BCUT2D eigenvalue weighted by Gasteiger charge is 2.10. The Balaban J connectivity index is 3.18. The molecule has 1 rings (SSSR count). The Hall–Kier alpha value is -1.78. The number of aromatic nitrogens is 1. The first-order valence-electron chi connectivity index (χ1n) is 3.70. The summed E-state index contributed by atoms with van der Waals surface area (Å²) in [5.74, 6) is -0.312. The maximum Gasteiger partial charge on any atom is 0.254 e. The zero-order chi connectivity index (χ0) is 9.84. The smallest absolute Gasteiger partial charge is 0.254 e. The number of anilines is 1. The molecule has 0 saturated carbocycles. The van der Waals surface area contributed by atoms with Crippen LogP contribution in [0.4, 0.5) is 5.69 Å². The predicted molar refractivity (Wildman–Crippen MR) is 48.9 cm³/mol. The van der Waals surface area contributed by atoms with Gasteiger partial charge >= 0.3 is 0 Å². The van der Waals surface area contributed by atoms with E-state index in [4.69, 9.17) is 10.5 Å². The van der Waals surface area contributed by atoms with Crippen LogP contribution in [0, 0.1) is 0 Å². The van der Waals surface area contributed by atoms with Crippen molar-refractivity contribution in [1.82, 2.24) is 4.98 Å². The molecule has 1 heterocycles. The maximum absolute atomic E-state index is 10.9. The van der Waals surface area contributed by atoms with Crippen molar-refractivity contribution in [3.05, 3.63) is 17.8 Å². The van der Waals surface area contributed by atoms with E-state index in [0.29, 0.717) is 0 Å². The van der Waals surface area contributed by atoms with Gasteiger partial charge in [-0.3, -0.25) is 4.79 Å². The summed E-state index contributed by atoms with van der Waals surface area (Å²) in [7, 11) is 3.17. The summed E-state index contributed by atoms with van der Waals surface area (Å²) in [6.45, 7) is 0. The molecular weight excluding hydrogens is 170 g/mol. The molecule has 1 aromatic rings. The van der Waals surface area contributed by atoms with Gasteiger partial charge in [-0.1, -0.05) is 0 Å². The predicted octanol–water partition coefficient (Wildman–Crippen LogP) is 0.231. The van der Waals surface area contributed by atoms with Crippen LogP contribution >= 0.6 is 0 Å². The van der Waals surface area contributed by atoms with Crippen molar-refractivity contribution in [1.29, 1.82) is 0 Å². The quantitative estimate of drug-likeness (QED) is 0.699. The molecule has 0 aliphatic carbocycles. The molecule has 0 radical (unpaired) electrons. The summed E-state index contributed by atoms with van der Waals surface area (Å²) in [5.41, 5.74) is 6.12. The number of carbonyl (C=O) groups is 1. The summed E-state index contributed by atoms with van der Waals surface area (Å²) in [6, 6.07) is 1.59. The van der Waals surface area contributed by atoms with E-state index >= 15 is 0 Å². The van der Waals surface area contributed by atoms with Gasteiger partial charge in [-0.2, -0.15) is 0 Å². The largest absolute Gasteiger partial charge is 0.480 e. The normalized spacial score (nSPS) is 9.38. The van der Waals surface area contributed by atoms with Crippen LogP contribution in [0.1, 0.15) is 10.4 Å². The van der Waals surface area contributed by atoms with Crippen LogP contribution in [0.3, 0.4) is 0 Å². The van der Waals surface area contributed by atoms with Crippen LogP contribution in [0.25, 0.3) is 0 Å². The molecule has 0 atom stereocenters. The van der Waals surface area contributed by atoms with Gasteiger partial charge in [-0.05, 0) is 6.07 Å². The number of ether oxygens (including phenoxy) is 1. The highest BCUT2D eigenvalue weighted by Crippen LogP contribution is 2.17. The molecule has 0 aliphatic rings. The van der Waals surface area contributed by atoms with Gasteiger partial charge in [-0.25, -0.2) is 4.98 Å². The van der Waals surface area contributed by atoms with Crippen LogP contribution in [0.15, 0.2) is 12.3 Å². The number of hydrogen-bond acceptors (Lipinski definition) is 4. The van der Waals surface area contributed by atoms with E-state index in [9.17, 15) is 4.79 Å². The Morgan fingerprint density at radius 2 is 2.38 bits per heavy atom. The summed E-state index contributed by atoms with van der Waals surface area (Å²) in [6.07, 6.45) is 1.56. The summed E-state index contributed by atoms with van der Waals surface area (Å²) >= 11 is 0. The van der Waals surface area contributed by atoms with Gasteiger partial charge in [0.1, 0.15) is 5.56 Å². The molecular formula is C8H11N3O2. The molecule has 0 unspecified atom stereocenters. The second-order valence-corrected chi connectivity index (χ2v) is 2.40. The lowest BCUT2D eigenvalue weighted by atomic mass is 10.2. The third kappa shape index (κ3) is 1.87. The first-order valence-corrected chi connectivity index (χ1v) is 3.70. The van der Waals surface area contributed by atoms with Gasteiger partial charge in [0.25, 0.3) is 5.91 Å². The Bertz CT molecular complexity index is 325. The monoisotopic (exact) mass is 181 g/mol. The van der Waals surface area contributed by atoms with E-state index in [1.165, 1.54) is 7.11 Å². The fourth-order valence-electron chi connectivity index (χ4n) is 0.928. The lowest BCUT2D eigenvalue weighted by Crippen LogP contribution is -2.13. The van der Waals surface area contributed by atoms with E-state index in [-0.39, 0.29) is 11.4 Å². The standard InChI is InChI=1S/C8H11N3O2/c1-10-5-3-6(7(9)12)8(13-2)11-4-5/h3-4,10H,1-2H3,(H2,9,12).